The fourth-order valence-corrected chi connectivity index (χ4v) is 2.71. The summed E-state index contributed by atoms with van der Waals surface area (Å²) in [4.78, 5) is 14.4. The second kappa shape index (κ2) is 5.59. The minimum absolute atomic E-state index is 0.0206. The second-order valence-corrected chi connectivity index (χ2v) is 5.43. The summed E-state index contributed by atoms with van der Waals surface area (Å²) in [7, 11) is 0. The number of carbonyl (C=O) groups excluding carboxylic acids is 1. The van der Waals surface area contributed by atoms with Gasteiger partial charge in [0.15, 0.2) is 10.8 Å². The molecule has 0 radical (unpaired) electrons. The highest BCUT2D eigenvalue weighted by Gasteiger charge is 2.18. The predicted octanol–water partition coefficient (Wildman–Crippen LogP) is -0.810. The molecule has 2 aromatic rings. The Kier molecular flexibility index (Phi) is 3.65. The Hall–Kier alpha value is -1.94. The zero-order valence-electron chi connectivity index (χ0n) is 11.0. The highest BCUT2D eigenvalue weighted by Crippen LogP contribution is 2.26. The molecule has 0 bridgehead atoms. The summed E-state index contributed by atoms with van der Waals surface area (Å²) in [5, 5.41) is 24.9. The van der Waals surface area contributed by atoms with E-state index in [1.54, 1.807) is 0 Å². The van der Waals surface area contributed by atoms with Crippen LogP contribution in [0.4, 0.5) is 5.13 Å². The first-order chi connectivity index (χ1) is 9.72. The number of piperazine rings is 1. The summed E-state index contributed by atoms with van der Waals surface area (Å²) in [5.74, 6) is 0.387. The lowest BCUT2D eigenvalue weighted by Crippen LogP contribution is -2.43. The van der Waals surface area contributed by atoms with Crippen molar-refractivity contribution in [3.8, 4) is 10.8 Å². The van der Waals surface area contributed by atoms with Gasteiger partial charge in [-0.2, -0.15) is 4.80 Å². The van der Waals surface area contributed by atoms with Gasteiger partial charge >= 0.3 is 0 Å². The third-order valence-electron chi connectivity index (χ3n) is 2.81. The second-order valence-electron chi connectivity index (χ2n) is 4.47. The number of tetrazole rings is 1. The van der Waals surface area contributed by atoms with E-state index in [0.29, 0.717) is 10.8 Å². The highest BCUT2D eigenvalue weighted by atomic mass is 32.1. The van der Waals surface area contributed by atoms with Crippen molar-refractivity contribution in [2.24, 2.45) is 0 Å². The zero-order chi connectivity index (χ0) is 13.9. The monoisotopic (exact) mass is 294 g/mol. The third kappa shape index (κ3) is 2.80. The van der Waals surface area contributed by atoms with E-state index in [2.05, 4.69) is 35.8 Å². The first-order valence-corrected chi connectivity index (χ1v) is 7.11. The Morgan fingerprint density at radius 2 is 2.10 bits per heavy atom. The number of Topliss-reactive ketones (excluding diaryl/α,β-unsaturated/α-hetero) is 1. The SMILES string of the molecule is CC(=O)Cn1nnc(-c2nnc(N3CCNCC3)s2)n1. The maximum Gasteiger partial charge on any atom is 0.235 e. The number of aromatic nitrogens is 6. The van der Waals surface area contributed by atoms with Gasteiger partial charge in [0, 0.05) is 26.2 Å². The van der Waals surface area contributed by atoms with Gasteiger partial charge < -0.3 is 10.2 Å². The lowest BCUT2D eigenvalue weighted by molar-refractivity contribution is -0.117. The molecule has 0 aliphatic carbocycles. The van der Waals surface area contributed by atoms with E-state index >= 15 is 0 Å². The smallest absolute Gasteiger partial charge is 0.235 e. The fraction of sp³-hybridized carbons (Fsp3) is 0.600. The van der Waals surface area contributed by atoms with Crippen molar-refractivity contribution >= 4 is 22.3 Å². The molecule has 0 saturated carbocycles. The van der Waals surface area contributed by atoms with Crippen LogP contribution in [0.15, 0.2) is 0 Å². The van der Waals surface area contributed by atoms with Crippen LogP contribution in [0.5, 0.6) is 0 Å². The lowest BCUT2D eigenvalue weighted by Gasteiger charge is -2.26. The number of rotatable bonds is 4. The van der Waals surface area contributed by atoms with Crippen LogP contribution in [0.3, 0.4) is 0 Å². The molecule has 1 aliphatic rings. The molecule has 10 heteroatoms. The van der Waals surface area contributed by atoms with E-state index in [9.17, 15) is 4.79 Å². The topological polar surface area (TPSA) is 102 Å². The zero-order valence-corrected chi connectivity index (χ0v) is 11.8. The molecule has 1 N–H and O–H groups in total. The van der Waals surface area contributed by atoms with Crippen LogP contribution < -0.4 is 10.2 Å². The molecule has 20 heavy (non-hydrogen) atoms. The molecule has 0 spiro atoms. The van der Waals surface area contributed by atoms with E-state index in [4.69, 9.17) is 0 Å². The number of hydrogen-bond donors (Lipinski definition) is 1. The third-order valence-corrected chi connectivity index (χ3v) is 3.79. The van der Waals surface area contributed by atoms with Crippen molar-refractivity contribution in [1.82, 2.24) is 35.7 Å². The molecule has 0 aromatic carbocycles. The van der Waals surface area contributed by atoms with Gasteiger partial charge in [-0.15, -0.1) is 20.4 Å². The fourth-order valence-electron chi connectivity index (χ4n) is 1.88. The molecule has 0 unspecified atom stereocenters. The number of hydrogen-bond acceptors (Lipinski definition) is 9. The van der Waals surface area contributed by atoms with Gasteiger partial charge in [0.1, 0.15) is 6.54 Å². The molecule has 2 aromatic heterocycles. The summed E-state index contributed by atoms with van der Waals surface area (Å²) >= 11 is 1.44. The molecule has 0 amide bonds. The van der Waals surface area contributed by atoms with Gasteiger partial charge in [-0.25, -0.2) is 0 Å². The van der Waals surface area contributed by atoms with Crippen LogP contribution in [0.25, 0.3) is 10.8 Å². The Bertz CT molecular complexity index is 602. The number of carbonyl (C=O) groups is 1. The summed E-state index contributed by atoms with van der Waals surface area (Å²) < 4.78 is 0. The van der Waals surface area contributed by atoms with E-state index < -0.39 is 0 Å². The number of anilines is 1. The Balaban J connectivity index is 1.75. The van der Waals surface area contributed by atoms with Gasteiger partial charge in [0.2, 0.25) is 11.0 Å². The molecule has 1 fully saturated rings. The van der Waals surface area contributed by atoms with E-state index in [1.807, 2.05) is 0 Å². The minimum Gasteiger partial charge on any atom is -0.344 e. The van der Waals surface area contributed by atoms with Gasteiger partial charge in [-0.1, -0.05) is 11.3 Å². The minimum atomic E-state index is -0.0206. The van der Waals surface area contributed by atoms with Crippen LogP contribution in [0.2, 0.25) is 0 Å². The summed E-state index contributed by atoms with van der Waals surface area (Å²) in [6.07, 6.45) is 0. The largest absolute Gasteiger partial charge is 0.344 e. The molecule has 1 aliphatic heterocycles. The van der Waals surface area contributed by atoms with Crippen LogP contribution in [0, 0.1) is 0 Å². The first-order valence-electron chi connectivity index (χ1n) is 6.29. The molecule has 1 saturated heterocycles. The normalized spacial score (nSPS) is 15.6. The van der Waals surface area contributed by atoms with E-state index in [-0.39, 0.29) is 12.3 Å². The van der Waals surface area contributed by atoms with Crippen LogP contribution >= 0.6 is 11.3 Å². The summed E-state index contributed by atoms with van der Waals surface area (Å²) in [6.45, 7) is 5.33. The van der Waals surface area contributed by atoms with Gasteiger partial charge in [-0.05, 0) is 12.1 Å². The van der Waals surface area contributed by atoms with E-state index in [0.717, 1.165) is 31.3 Å². The quantitative estimate of drug-likeness (QED) is 0.781. The standard InChI is InChI=1S/C10H14N8OS/c1-7(19)6-18-15-8(12-16-18)9-13-14-10(20-9)17-4-2-11-3-5-17/h11H,2-6H2,1H3. The van der Waals surface area contributed by atoms with Crippen molar-refractivity contribution in [2.75, 3.05) is 31.1 Å². The highest BCUT2D eigenvalue weighted by molar-refractivity contribution is 7.18. The van der Waals surface area contributed by atoms with Crippen molar-refractivity contribution in [1.29, 1.82) is 0 Å². The van der Waals surface area contributed by atoms with Crippen molar-refractivity contribution in [2.45, 2.75) is 13.5 Å². The van der Waals surface area contributed by atoms with Crippen LogP contribution in [-0.2, 0) is 11.3 Å². The molecule has 3 rings (SSSR count). The summed E-state index contributed by atoms with van der Waals surface area (Å²) in [6, 6.07) is 0. The summed E-state index contributed by atoms with van der Waals surface area (Å²) in [5.41, 5.74) is 0. The van der Waals surface area contributed by atoms with Crippen LogP contribution in [-0.4, -0.2) is 62.4 Å². The maximum atomic E-state index is 11.0. The van der Waals surface area contributed by atoms with Crippen molar-refractivity contribution in [3.63, 3.8) is 0 Å². The Labute approximate surface area is 119 Å². The molecule has 0 atom stereocenters. The van der Waals surface area contributed by atoms with E-state index in [1.165, 1.54) is 23.1 Å². The predicted molar refractivity (Wildman–Crippen MR) is 72.5 cm³/mol. The average molecular weight is 294 g/mol. The van der Waals surface area contributed by atoms with Crippen molar-refractivity contribution in [3.05, 3.63) is 0 Å². The Morgan fingerprint density at radius 1 is 1.30 bits per heavy atom. The molecule has 9 nitrogen and oxygen atoms in total. The average Bonchev–Trinajstić information content (AvgIpc) is 3.07. The van der Waals surface area contributed by atoms with Gasteiger partial charge in [0.05, 0.1) is 0 Å². The lowest BCUT2D eigenvalue weighted by atomic mass is 10.4. The molecular weight excluding hydrogens is 280 g/mol. The van der Waals surface area contributed by atoms with Gasteiger partial charge in [-0.3, -0.25) is 4.79 Å². The van der Waals surface area contributed by atoms with Crippen molar-refractivity contribution < 1.29 is 4.79 Å². The van der Waals surface area contributed by atoms with Gasteiger partial charge in [0.25, 0.3) is 0 Å². The first kappa shape index (κ1) is 13.1. The number of ketones is 1. The Morgan fingerprint density at radius 3 is 2.85 bits per heavy atom. The molecule has 3 heterocycles. The number of nitrogens with one attached hydrogen (secondary N) is 1. The number of nitrogens with zero attached hydrogens (tertiary/aromatic N) is 7. The van der Waals surface area contributed by atoms with Crippen LogP contribution in [0.1, 0.15) is 6.92 Å². The maximum absolute atomic E-state index is 11.0. The molecule has 106 valence electrons. The molecular formula is C10H14N8OS.